The van der Waals surface area contributed by atoms with E-state index in [0.717, 1.165) is 3.57 Å². The van der Waals surface area contributed by atoms with Crippen LogP contribution in [0.4, 0.5) is 0 Å². The van der Waals surface area contributed by atoms with Crippen molar-refractivity contribution in [3.8, 4) is 5.75 Å². The van der Waals surface area contributed by atoms with E-state index in [1.54, 1.807) is 19.2 Å². The van der Waals surface area contributed by atoms with Crippen molar-refractivity contribution in [3.63, 3.8) is 0 Å². The van der Waals surface area contributed by atoms with E-state index in [1.807, 2.05) is 12.1 Å². The van der Waals surface area contributed by atoms with E-state index in [1.165, 1.54) is 21.1 Å². The van der Waals surface area contributed by atoms with E-state index < -0.39 is 16.0 Å². The van der Waals surface area contributed by atoms with Crippen LogP contribution in [0.1, 0.15) is 10.5 Å². The molecule has 1 aliphatic heterocycles. The molecule has 3 rings (SSSR count). The maximum atomic E-state index is 12.7. The Kier molecular flexibility index (Phi) is 5.46. The quantitative estimate of drug-likeness (QED) is 0.383. The molecule has 7 nitrogen and oxygen atoms in total. The topological polar surface area (TPSA) is 77.8 Å². The highest BCUT2D eigenvalue weighted by Crippen LogP contribution is 2.21. The summed E-state index contributed by atoms with van der Waals surface area (Å²) in [6, 6.07) is 8.37. The van der Waals surface area contributed by atoms with Crippen LogP contribution in [0.15, 0.2) is 41.4 Å². The van der Waals surface area contributed by atoms with E-state index in [0.29, 0.717) is 32.1 Å². The predicted octanol–water partition coefficient (Wildman–Crippen LogP) is 1.87. The molecule has 2 heterocycles. The van der Waals surface area contributed by atoms with Gasteiger partial charge in [-0.1, -0.05) is 0 Å². The fourth-order valence-corrected chi connectivity index (χ4v) is 4.32. The van der Waals surface area contributed by atoms with Gasteiger partial charge in [-0.3, -0.25) is 0 Å². The fraction of sp³-hybridized carbons (Fsp3) is 0.312. The molecule has 0 saturated carbocycles. The van der Waals surface area contributed by atoms with Gasteiger partial charge in [0.2, 0.25) is 10.0 Å². The number of rotatable bonds is 4. The molecular formula is C16H17IN2O5S. The minimum Gasteiger partial charge on any atom is -0.422 e. The van der Waals surface area contributed by atoms with Crippen LogP contribution in [0.5, 0.6) is 5.75 Å². The second kappa shape index (κ2) is 7.44. The first-order chi connectivity index (χ1) is 11.9. The summed E-state index contributed by atoms with van der Waals surface area (Å²) >= 11 is 2.16. The number of morpholine rings is 1. The highest BCUT2D eigenvalue weighted by Gasteiger charge is 2.29. The Labute approximate surface area is 159 Å². The van der Waals surface area contributed by atoms with Crippen molar-refractivity contribution < 1.29 is 22.7 Å². The molecule has 0 aliphatic carbocycles. The van der Waals surface area contributed by atoms with Crippen molar-refractivity contribution >= 4 is 38.6 Å². The zero-order valence-corrected chi connectivity index (χ0v) is 16.5. The minimum absolute atomic E-state index is 0.0754. The number of sulfonamides is 1. The van der Waals surface area contributed by atoms with Crippen LogP contribution in [0.3, 0.4) is 0 Å². The zero-order valence-electron chi connectivity index (χ0n) is 13.5. The normalized spacial score (nSPS) is 15.9. The molecule has 0 spiro atoms. The largest absolute Gasteiger partial charge is 0.422 e. The van der Waals surface area contributed by atoms with Crippen LogP contribution in [-0.2, 0) is 21.8 Å². The molecular weight excluding hydrogens is 459 g/mol. The first-order valence-electron chi connectivity index (χ1n) is 7.60. The van der Waals surface area contributed by atoms with Crippen LogP contribution >= 0.6 is 22.6 Å². The summed E-state index contributed by atoms with van der Waals surface area (Å²) in [6.45, 7) is 1.35. The Balaban J connectivity index is 1.81. The summed E-state index contributed by atoms with van der Waals surface area (Å²) in [4.78, 5) is 12.4. The Bertz CT molecular complexity index is 870. The Morgan fingerprint density at radius 3 is 2.48 bits per heavy atom. The van der Waals surface area contributed by atoms with E-state index in [2.05, 4.69) is 22.6 Å². The maximum Gasteiger partial charge on any atom is 0.360 e. The standard InChI is InChI=1S/C16H17IN2O5S/c1-18-11-14(25(21,22)19-6-8-23-9-7-19)10-15(18)16(20)24-13-4-2-12(17)3-5-13/h2-5,10-11H,6-9H2,1H3. The summed E-state index contributed by atoms with van der Waals surface area (Å²) in [5.41, 5.74) is 0.172. The molecule has 2 aromatic rings. The van der Waals surface area contributed by atoms with Gasteiger partial charge in [-0.15, -0.1) is 0 Å². The summed E-state index contributed by atoms with van der Waals surface area (Å²) in [7, 11) is -2.04. The van der Waals surface area contributed by atoms with Crippen molar-refractivity contribution in [2.24, 2.45) is 7.05 Å². The lowest BCUT2D eigenvalue weighted by Crippen LogP contribution is -2.40. The highest BCUT2D eigenvalue weighted by molar-refractivity contribution is 14.1. The average Bonchev–Trinajstić information content (AvgIpc) is 3.00. The summed E-state index contributed by atoms with van der Waals surface area (Å²) in [5.74, 6) is -0.198. The number of esters is 1. The third-order valence-corrected chi connectivity index (χ3v) is 6.40. The van der Waals surface area contributed by atoms with Crippen molar-refractivity contribution in [2.75, 3.05) is 26.3 Å². The lowest BCUT2D eigenvalue weighted by molar-refractivity contribution is 0.0723. The van der Waals surface area contributed by atoms with Gasteiger partial charge in [0.25, 0.3) is 0 Å². The summed E-state index contributed by atoms with van der Waals surface area (Å²) in [6.07, 6.45) is 1.43. The number of nitrogens with zero attached hydrogens (tertiary/aromatic N) is 2. The fourth-order valence-electron chi connectivity index (χ4n) is 2.48. The molecule has 0 unspecified atom stereocenters. The molecule has 0 bridgehead atoms. The highest BCUT2D eigenvalue weighted by atomic mass is 127. The van der Waals surface area contributed by atoms with Gasteiger partial charge in [-0.2, -0.15) is 4.31 Å². The number of hydrogen-bond acceptors (Lipinski definition) is 5. The van der Waals surface area contributed by atoms with Gasteiger partial charge in [0, 0.05) is 29.9 Å². The molecule has 0 amide bonds. The number of hydrogen-bond donors (Lipinski definition) is 0. The third kappa shape index (κ3) is 4.05. The molecule has 25 heavy (non-hydrogen) atoms. The smallest absolute Gasteiger partial charge is 0.360 e. The summed E-state index contributed by atoms with van der Waals surface area (Å²) < 4.78 is 39.7. The van der Waals surface area contributed by atoms with E-state index in [4.69, 9.17) is 9.47 Å². The van der Waals surface area contributed by atoms with Crippen LogP contribution in [0.25, 0.3) is 0 Å². The van der Waals surface area contributed by atoms with E-state index in [9.17, 15) is 13.2 Å². The molecule has 9 heteroatoms. The molecule has 134 valence electrons. The van der Waals surface area contributed by atoms with Crippen molar-refractivity contribution in [1.82, 2.24) is 8.87 Å². The van der Waals surface area contributed by atoms with Gasteiger partial charge in [-0.25, -0.2) is 13.2 Å². The van der Waals surface area contributed by atoms with Gasteiger partial charge in [0.15, 0.2) is 0 Å². The Morgan fingerprint density at radius 1 is 1.20 bits per heavy atom. The van der Waals surface area contributed by atoms with Crippen LogP contribution in [0, 0.1) is 3.57 Å². The third-order valence-electron chi connectivity index (χ3n) is 3.82. The van der Waals surface area contributed by atoms with Crippen molar-refractivity contribution in [1.29, 1.82) is 0 Å². The lowest BCUT2D eigenvalue weighted by atomic mass is 10.3. The molecule has 1 aromatic heterocycles. The molecule has 1 aromatic carbocycles. The monoisotopic (exact) mass is 476 g/mol. The van der Waals surface area contributed by atoms with Crippen molar-refractivity contribution in [3.05, 3.63) is 45.8 Å². The zero-order chi connectivity index (χ0) is 18.0. The number of benzene rings is 1. The minimum atomic E-state index is -3.65. The molecule has 1 aliphatic rings. The van der Waals surface area contributed by atoms with E-state index >= 15 is 0 Å². The number of ether oxygens (including phenoxy) is 2. The number of halogens is 1. The number of aromatic nitrogens is 1. The van der Waals surface area contributed by atoms with Gasteiger partial charge >= 0.3 is 5.97 Å². The Hall–Kier alpha value is -1.43. The number of aryl methyl sites for hydroxylation is 1. The van der Waals surface area contributed by atoms with E-state index in [-0.39, 0.29) is 10.6 Å². The van der Waals surface area contributed by atoms with Crippen LogP contribution in [0.2, 0.25) is 0 Å². The van der Waals surface area contributed by atoms with Gasteiger partial charge < -0.3 is 14.0 Å². The van der Waals surface area contributed by atoms with Crippen LogP contribution in [-0.4, -0.2) is 49.6 Å². The maximum absolute atomic E-state index is 12.7. The summed E-state index contributed by atoms with van der Waals surface area (Å²) in [5, 5.41) is 0. The van der Waals surface area contributed by atoms with Crippen LogP contribution < -0.4 is 4.74 Å². The first kappa shape index (κ1) is 18.4. The number of carbonyl (C=O) groups is 1. The molecule has 1 fully saturated rings. The van der Waals surface area contributed by atoms with Gasteiger partial charge in [-0.05, 0) is 52.9 Å². The molecule has 1 saturated heterocycles. The second-order valence-electron chi connectivity index (χ2n) is 5.53. The SMILES string of the molecule is Cn1cc(S(=O)(=O)N2CCOCC2)cc1C(=O)Oc1ccc(I)cc1. The lowest BCUT2D eigenvalue weighted by Gasteiger charge is -2.25. The van der Waals surface area contributed by atoms with Crippen molar-refractivity contribution in [2.45, 2.75) is 4.90 Å². The predicted molar refractivity (Wildman–Crippen MR) is 99.1 cm³/mol. The molecule has 0 N–H and O–H groups in total. The molecule has 0 radical (unpaired) electrons. The Morgan fingerprint density at radius 2 is 1.84 bits per heavy atom. The molecule has 0 atom stereocenters. The van der Waals surface area contributed by atoms with Gasteiger partial charge in [0.05, 0.1) is 13.2 Å². The second-order valence-corrected chi connectivity index (χ2v) is 8.72. The average molecular weight is 476 g/mol. The van der Waals surface area contributed by atoms with Gasteiger partial charge in [0.1, 0.15) is 16.3 Å². The number of carbonyl (C=O) groups excluding carboxylic acids is 1. The first-order valence-corrected chi connectivity index (χ1v) is 10.1.